The van der Waals surface area contributed by atoms with E-state index in [-0.39, 0.29) is 11.4 Å². The lowest BCUT2D eigenvalue weighted by Gasteiger charge is -2.36. The minimum absolute atomic E-state index is 0.0228. The first-order valence-corrected chi connectivity index (χ1v) is 6.05. The highest BCUT2D eigenvalue weighted by atomic mass is 16.1. The largest absolute Gasteiger partial charge is 0.356 e. The Morgan fingerprint density at radius 1 is 1.53 bits per heavy atom. The van der Waals surface area contributed by atoms with Gasteiger partial charge in [0.1, 0.15) is 0 Å². The fraction of sp³-hybridized carbons (Fsp3) is 0.538. The van der Waals surface area contributed by atoms with Crippen molar-refractivity contribution in [1.82, 2.24) is 10.3 Å². The van der Waals surface area contributed by atoms with Crippen LogP contribution < -0.4 is 5.32 Å². The maximum absolute atomic E-state index is 10.8. The van der Waals surface area contributed by atoms with Gasteiger partial charge in [0.05, 0.1) is 5.54 Å². The van der Waals surface area contributed by atoms with E-state index in [1.165, 1.54) is 0 Å². The van der Waals surface area contributed by atoms with E-state index in [0.717, 1.165) is 13.0 Å². The van der Waals surface area contributed by atoms with E-state index < -0.39 is 0 Å². The molecule has 0 aromatic carbocycles. The second-order valence-electron chi connectivity index (χ2n) is 4.72. The lowest BCUT2D eigenvalue weighted by molar-refractivity contribution is -0.118. The number of fused-ring (bicyclic) bond motifs is 1. The summed E-state index contributed by atoms with van der Waals surface area (Å²) in [6.07, 6.45) is 11.4. The normalized spacial score (nSPS) is 29.5. The molecule has 2 unspecified atom stereocenters. The van der Waals surface area contributed by atoms with Gasteiger partial charge in [-0.2, -0.15) is 5.10 Å². The topological polar surface area (TPSA) is 44.7 Å². The number of hydrogen-bond acceptors (Lipinski definition) is 3. The molecule has 1 aliphatic heterocycles. The summed E-state index contributed by atoms with van der Waals surface area (Å²) in [7, 11) is 0. The lowest BCUT2D eigenvalue weighted by atomic mass is 9.83. The molecule has 4 heteroatoms. The Morgan fingerprint density at radius 3 is 3.12 bits per heavy atom. The molecule has 1 N–H and O–H groups in total. The van der Waals surface area contributed by atoms with E-state index in [1.807, 2.05) is 6.21 Å². The van der Waals surface area contributed by atoms with E-state index in [0.29, 0.717) is 12.5 Å². The van der Waals surface area contributed by atoms with Crippen molar-refractivity contribution in [3.05, 3.63) is 24.3 Å². The first-order valence-electron chi connectivity index (χ1n) is 6.05. The van der Waals surface area contributed by atoms with Crippen LogP contribution in [0.5, 0.6) is 0 Å². The van der Waals surface area contributed by atoms with Crippen LogP contribution in [-0.2, 0) is 4.79 Å². The van der Waals surface area contributed by atoms with Crippen LogP contribution in [0.3, 0.4) is 0 Å². The van der Waals surface area contributed by atoms with E-state index in [2.05, 4.69) is 46.7 Å². The summed E-state index contributed by atoms with van der Waals surface area (Å²) >= 11 is 0. The monoisotopic (exact) mass is 233 g/mol. The van der Waals surface area contributed by atoms with Crippen molar-refractivity contribution in [3.8, 4) is 0 Å². The average Bonchev–Trinajstić information content (AvgIpc) is 2.61. The number of amides is 1. The molecule has 0 fully saturated rings. The van der Waals surface area contributed by atoms with Crippen molar-refractivity contribution >= 4 is 12.1 Å². The first kappa shape index (κ1) is 11.9. The predicted octanol–water partition coefficient (Wildman–Crippen LogP) is 1.31. The summed E-state index contributed by atoms with van der Waals surface area (Å²) in [4.78, 5) is 10.8. The number of hydrogen-bond donors (Lipinski definition) is 1. The van der Waals surface area contributed by atoms with E-state index in [9.17, 15) is 4.79 Å². The molecule has 0 aromatic rings. The van der Waals surface area contributed by atoms with E-state index >= 15 is 0 Å². The lowest BCUT2D eigenvalue weighted by Crippen LogP contribution is -2.44. The smallest absolute Gasteiger partial charge is 0.216 e. The third-order valence-electron chi connectivity index (χ3n) is 3.38. The Kier molecular flexibility index (Phi) is 3.31. The summed E-state index contributed by atoms with van der Waals surface area (Å²) in [6, 6.07) is 0. The number of allylic oxidation sites excluding steroid dienone is 2. The van der Waals surface area contributed by atoms with Gasteiger partial charge in [0.15, 0.2) is 0 Å². The van der Waals surface area contributed by atoms with Gasteiger partial charge in [-0.1, -0.05) is 24.3 Å². The summed E-state index contributed by atoms with van der Waals surface area (Å²) in [6.45, 7) is 5.31. The summed E-state index contributed by atoms with van der Waals surface area (Å²) in [5, 5.41) is 9.38. The van der Waals surface area contributed by atoms with E-state index in [4.69, 9.17) is 0 Å². The second kappa shape index (κ2) is 4.73. The number of carbonyl (C=O) groups is 1. The molecular weight excluding hydrogens is 214 g/mol. The van der Waals surface area contributed by atoms with E-state index in [1.54, 1.807) is 6.92 Å². The van der Waals surface area contributed by atoms with Crippen LogP contribution in [0.2, 0.25) is 0 Å². The van der Waals surface area contributed by atoms with Crippen LogP contribution >= 0.6 is 0 Å². The average molecular weight is 233 g/mol. The van der Waals surface area contributed by atoms with Gasteiger partial charge in [0.2, 0.25) is 5.91 Å². The fourth-order valence-electron chi connectivity index (χ4n) is 2.27. The quantitative estimate of drug-likeness (QED) is 0.744. The Labute approximate surface area is 102 Å². The molecular formula is C13H19N3O. The van der Waals surface area contributed by atoms with Crippen LogP contribution in [0.15, 0.2) is 29.4 Å². The fourth-order valence-corrected chi connectivity index (χ4v) is 2.27. The maximum atomic E-state index is 10.8. The van der Waals surface area contributed by atoms with Gasteiger partial charge >= 0.3 is 0 Å². The summed E-state index contributed by atoms with van der Waals surface area (Å²) in [5.74, 6) is 0.396. The van der Waals surface area contributed by atoms with Gasteiger partial charge in [0.25, 0.3) is 0 Å². The van der Waals surface area contributed by atoms with Crippen molar-refractivity contribution in [2.75, 3.05) is 13.1 Å². The number of hydrazone groups is 1. The van der Waals surface area contributed by atoms with Crippen molar-refractivity contribution in [1.29, 1.82) is 0 Å². The number of nitrogens with one attached hydrogen (secondary N) is 1. The Hall–Kier alpha value is -1.58. The van der Waals surface area contributed by atoms with Crippen molar-refractivity contribution in [2.45, 2.75) is 25.8 Å². The molecule has 0 radical (unpaired) electrons. The molecule has 0 saturated heterocycles. The second-order valence-corrected chi connectivity index (χ2v) is 4.72. The van der Waals surface area contributed by atoms with Gasteiger partial charge < -0.3 is 5.32 Å². The highest BCUT2D eigenvalue weighted by Crippen LogP contribution is 2.34. The minimum atomic E-state index is -0.0228. The standard InChI is InChI=1S/C13H19N3O/c1-11(17)14-8-5-9-16-13(2)7-4-3-6-12(13)10-15-16/h3-4,6-7,10,12H,5,8-9H2,1-2H3,(H,14,17). The summed E-state index contributed by atoms with van der Waals surface area (Å²) in [5.41, 5.74) is -0.0228. The molecule has 0 spiro atoms. The molecule has 0 saturated carbocycles. The number of rotatable bonds is 4. The highest BCUT2D eigenvalue weighted by Gasteiger charge is 2.39. The molecule has 0 bridgehead atoms. The van der Waals surface area contributed by atoms with Gasteiger partial charge in [-0.05, 0) is 13.3 Å². The first-order chi connectivity index (χ1) is 8.13. The molecule has 17 heavy (non-hydrogen) atoms. The Balaban J connectivity index is 1.86. The van der Waals surface area contributed by atoms with Gasteiger partial charge in [-0.25, -0.2) is 0 Å². The molecule has 2 aliphatic rings. The Bertz CT molecular complexity index is 386. The maximum Gasteiger partial charge on any atom is 0.216 e. The zero-order valence-corrected chi connectivity index (χ0v) is 10.4. The van der Waals surface area contributed by atoms with Crippen LogP contribution in [0.4, 0.5) is 0 Å². The third kappa shape index (κ3) is 2.40. The number of carbonyl (C=O) groups excluding carboxylic acids is 1. The molecule has 1 amide bonds. The SMILES string of the molecule is CC(=O)NCCCN1N=CC2C=CC=CC21C. The van der Waals surface area contributed by atoms with Crippen molar-refractivity contribution in [3.63, 3.8) is 0 Å². The minimum Gasteiger partial charge on any atom is -0.356 e. The van der Waals surface area contributed by atoms with Crippen molar-refractivity contribution in [2.24, 2.45) is 11.0 Å². The molecule has 92 valence electrons. The predicted molar refractivity (Wildman–Crippen MR) is 68.7 cm³/mol. The molecule has 4 nitrogen and oxygen atoms in total. The van der Waals surface area contributed by atoms with Crippen LogP contribution in [0, 0.1) is 5.92 Å². The van der Waals surface area contributed by atoms with Gasteiger partial charge in [-0.3, -0.25) is 9.80 Å². The van der Waals surface area contributed by atoms with Crippen LogP contribution in [-0.4, -0.2) is 35.8 Å². The number of nitrogens with zero attached hydrogens (tertiary/aromatic N) is 2. The molecule has 1 heterocycles. The molecule has 2 atom stereocenters. The van der Waals surface area contributed by atoms with Crippen molar-refractivity contribution < 1.29 is 4.79 Å². The van der Waals surface area contributed by atoms with Gasteiger partial charge in [0, 0.05) is 32.1 Å². The Morgan fingerprint density at radius 2 is 2.35 bits per heavy atom. The highest BCUT2D eigenvalue weighted by molar-refractivity contribution is 5.72. The molecule has 1 aliphatic carbocycles. The molecule has 2 rings (SSSR count). The summed E-state index contributed by atoms with van der Waals surface area (Å²) < 4.78 is 0. The van der Waals surface area contributed by atoms with Crippen LogP contribution in [0.25, 0.3) is 0 Å². The molecule has 0 aromatic heterocycles. The van der Waals surface area contributed by atoms with Gasteiger partial charge in [-0.15, -0.1) is 0 Å². The zero-order chi connectivity index (χ0) is 12.3. The van der Waals surface area contributed by atoms with Crippen LogP contribution in [0.1, 0.15) is 20.3 Å². The third-order valence-corrected chi connectivity index (χ3v) is 3.38. The zero-order valence-electron chi connectivity index (χ0n) is 10.4.